The summed E-state index contributed by atoms with van der Waals surface area (Å²) in [4.78, 5) is 23.0. The van der Waals surface area contributed by atoms with Gasteiger partial charge in [-0.25, -0.2) is 0 Å². The summed E-state index contributed by atoms with van der Waals surface area (Å²) in [6, 6.07) is 7.58. The maximum atomic E-state index is 11.9. The Morgan fingerprint density at radius 2 is 1.95 bits per heavy atom. The highest BCUT2D eigenvalue weighted by Gasteiger charge is 2.06. The minimum absolute atomic E-state index is 0.107. The molecule has 0 radical (unpaired) electrons. The fraction of sp³-hybridized carbons (Fsp3) is 0.467. The van der Waals surface area contributed by atoms with E-state index in [1.807, 2.05) is 30.5 Å². The lowest BCUT2D eigenvalue weighted by Crippen LogP contribution is -2.25. The summed E-state index contributed by atoms with van der Waals surface area (Å²) < 4.78 is 4.82. The SMILES string of the molecule is CCOC(=O)CCCNC(=O)c1ccc(CSC)cc1. The number of rotatable bonds is 8. The third-order valence-electron chi connectivity index (χ3n) is 2.68. The Bertz CT molecular complexity index is 431. The van der Waals surface area contributed by atoms with Crippen LogP contribution in [0.5, 0.6) is 0 Å². The molecule has 0 saturated heterocycles. The summed E-state index contributed by atoms with van der Waals surface area (Å²) in [5.41, 5.74) is 1.85. The van der Waals surface area contributed by atoms with E-state index < -0.39 is 0 Å². The second kappa shape index (κ2) is 9.42. The third kappa shape index (κ3) is 6.10. The number of amides is 1. The van der Waals surface area contributed by atoms with E-state index in [1.54, 1.807) is 18.7 Å². The predicted molar refractivity (Wildman–Crippen MR) is 81.9 cm³/mol. The summed E-state index contributed by atoms with van der Waals surface area (Å²) in [5.74, 6) is 0.620. The average molecular weight is 295 g/mol. The molecule has 0 saturated carbocycles. The molecule has 5 heteroatoms. The van der Waals surface area contributed by atoms with Crippen molar-refractivity contribution in [3.8, 4) is 0 Å². The molecule has 20 heavy (non-hydrogen) atoms. The van der Waals surface area contributed by atoms with Crippen LogP contribution in [0.2, 0.25) is 0 Å². The van der Waals surface area contributed by atoms with Crippen LogP contribution in [-0.2, 0) is 15.3 Å². The zero-order valence-corrected chi connectivity index (χ0v) is 12.8. The van der Waals surface area contributed by atoms with Gasteiger partial charge in [-0.05, 0) is 37.3 Å². The summed E-state index contributed by atoms with van der Waals surface area (Å²) in [6.45, 7) is 2.65. The quantitative estimate of drug-likeness (QED) is 0.591. The van der Waals surface area contributed by atoms with Crippen molar-refractivity contribution in [3.05, 3.63) is 35.4 Å². The highest BCUT2D eigenvalue weighted by Crippen LogP contribution is 2.10. The summed E-state index contributed by atoms with van der Waals surface area (Å²) in [5, 5.41) is 2.80. The Kier molecular flexibility index (Phi) is 7.80. The van der Waals surface area contributed by atoms with E-state index in [4.69, 9.17) is 4.74 Å². The zero-order chi connectivity index (χ0) is 14.8. The van der Waals surface area contributed by atoms with E-state index in [2.05, 4.69) is 5.32 Å². The molecule has 110 valence electrons. The van der Waals surface area contributed by atoms with Gasteiger partial charge in [0.15, 0.2) is 0 Å². The van der Waals surface area contributed by atoms with Crippen molar-refractivity contribution < 1.29 is 14.3 Å². The molecule has 0 aliphatic heterocycles. The lowest BCUT2D eigenvalue weighted by molar-refractivity contribution is -0.143. The van der Waals surface area contributed by atoms with Crippen LogP contribution < -0.4 is 5.32 Å². The number of ether oxygens (including phenoxy) is 1. The minimum atomic E-state index is -0.219. The topological polar surface area (TPSA) is 55.4 Å². The molecule has 0 fully saturated rings. The van der Waals surface area contributed by atoms with Gasteiger partial charge in [0.05, 0.1) is 6.61 Å². The van der Waals surface area contributed by atoms with Gasteiger partial charge in [0, 0.05) is 24.3 Å². The van der Waals surface area contributed by atoms with Crippen molar-refractivity contribution in [2.75, 3.05) is 19.4 Å². The summed E-state index contributed by atoms with van der Waals surface area (Å²) >= 11 is 1.75. The number of thioether (sulfide) groups is 1. The van der Waals surface area contributed by atoms with Crippen molar-refractivity contribution in [2.45, 2.75) is 25.5 Å². The van der Waals surface area contributed by atoms with Crippen molar-refractivity contribution in [1.29, 1.82) is 0 Å². The first-order valence-corrected chi connectivity index (χ1v) is 8.08. The van der Waals surface area contributed by atoms with Crippen LogP contribution in [0.4, 0.5) is 0 Å². The van der Waals surface area contributed by atoms with Gasteiger partial charge in [0.2, 0.25) is 0 Å². The lowest BCUT2D eigenvalue weighted by Gasteiger charge is -2.06. The fourth-order valence-electron chi connectivity index (χ4n) is 1.69. The molecule has 0 spiro atoms. The van der Waals surface area contributed by atoms with Gasteiger partial charge < -0.3 is 10.1 Å². The van der Waals surface area contributed by atoms with Crippen LogP contribution in [0.3, 0.4) is 0 Å². The Balaban J connectivity index is 2.30. The molecule has 0 heterocycles. The highest BCUT2D eigenvalue weighted by atomic mass is 32.2. The molecule has 1 aromatic carbocycles. The first kappa shape index (κ1) is 16.6. The summed E-state index contributed by atoms with van der Waals surface area (Å²) in [7, 11) is 0. The number of nitrogens with one attached hydrogen (secondary N) is 1. The molecular weight excluding hydrogens is 274 g/mol. The Morgan fingerprint density at radius 3 is 2.55 bits per heavy atom. The highest BCUT2D eigenvalue weighted by molar-refractivity contribution is 7.97. The predicted octanol–water partition coefficient (Wildman–Crippen LogP) is 2.62. The van der Waals surface area contributed by atoms with Crippen LogP contribution in [0.25, 0.3) is 0 Å². The van der Waals surface area contributed by atoms with Crippen LogP contribution in [0, 0.1) is 0 Å². The van der Waals surface area contributed by atoms with E-state index in [0.717, 1.165) is 5.75 Å². The summed E-state index contributed by atoms with van der Waals surface area (Å²) in [6.07, 6.45) is 2.97. The molecule has 0 aliphatic rings. The van der Waals surface area contributed by atoms with Crippen LogP contribution in [-0.4, -0.2) is 31.3 Å². The number of benzene rings is 1. The number of esters is 1. The second-order valence-corrected chi connectivity index (χ2v) is 5.16. The Morgan fingerprint density at radius 1 is 1.25 bits per heavy atom. The molecule has 0 aromatic heterocycles. The Labute approximate surface area is 124 Å². The molecule has 0 aliphatic carbocycles. The molecule has 1 rings (SSSR count). The van der Waals surface area contributed by atoms with E-state index in [-0.39, 0.29) is 11.9 Å². The first-order valence-electron chi connectivity index (χ1n) is 6.69. The van der Waals surface area contributed by atoms with Gasteiger partial charge >= 0.3 is 5.97 Å². The molecule has 1 aromatic rings. The van der Waals surface area contributed by atoms with Crippen molar-refractivity contribution in [1.82, 2.24) is 5.32 Å². The van der Waals surface area contributed by atoms with Crippen LogP contribution in [0.15, 0.2) is 24.3 Å². The smallest absolute Gasteiger partial charge is 0.305 e. The van der Waals surface area contributed by atoms with Gasteiger partial charge in [-0.1, -0.05) is 12.1 Å². The van der Waals surface area contributed by atoms with E-state index in [1.165, 1.54) is 5.56 Å². The minimum Gasteiger partial charge on any atom is -0.466 e. The van der Waals surface area contributed by atoms with Crippen LogP contribution >= 0.6 is 11.8 Å². The normalized spacial score (nSPS) is 10.1. The van der Waals surface area contributed by atoms with Gasteiger partial charge in [0.25, 0.3) is 5.91 Å². The fourth-order valence-corrected chi connectivity index (χ4v) is 2.21. The molecular formula is C15H21NO3S. The Hall–Kier alpha value is -1.49. The maximum absolute atomic E-state index is 11.9. The maximum Gasteiger partial charge on any atom is 0.305 e. The number of hydrogen-bond acceptors (Lipinski definition) is 4. The molecule has 0 bridgehead atoms. The van der Waals surface area contributed by atoms with E-state index in [9.17, 15) is 9.59 Å². The number of hydrogen-bond donors (Lipinski definition) is 1. The molecule has 0 atom stereocenters. The van der Waals surface area contributed by atoms with Gasteiger partial charge in [-0.2, -0.15) is 11.8 Å². The van der Waals surface area contributed by atoms with Crippen molar-refractivity contribution in [3.63, 3.8) is 0 Å². The first-order chi connectivity index (χ1) is 9.67. The standard InChI is InChI=1S/C15H21NO3S/c1-3-19-14(17)5-4-10-16-15(18)13-8-6-12(7-9-13)11-20-2/h6-9H,3-5,10-11H2,1-2H3,(H,16,18). The van der Waals surface area contributed by atoms with E-state index >= 15 is 0 Å². The largest absolute Gasteiger partial charge is 0.466 e. The van der Waals surface area contributed by atoms with Gasteiger partial charge in [-0.3, -0.25) is 9.59 Å². The van der Waals surface area contributed by atoms with E-state index in [0.29, 0.717) is 31.6 Å². The average Bonchev–Trinajstić information content (AvgIpc) is 2.45. The van der Waals surface area contributed by atoms with Crippen molar-refractivity contribution in [2.24, 2.45) is 0 Å². The monoisotopic (exact) mass is 295 g/mol. The molecule has 1 N–H and O–H groups in total. The van der Waals surface area contributed by atoms with Gasteiger partial charge in [0.1, 0.15) is 0 Å². The zero-order valence-electron chi connectivity index (χ0n) is 12.0. The van der Waals surface area contributed by atoms with Crippen LogP contribution in [0.1, 0.15) is 35.7 Å². The lowest BCUT2D eigenvalue weighted by atomic mass is 10.1. The molecule has 1 amide bonds. The molecule has 0 unspecified atom stereocenters. The second-order valence-electron chi connectivity index (χ2n) is 4.29. The third-order valence-corrected chi connectivity index (χ3v) is 3.30. The number of carbonyl (C=O) groups excluding carboxylic acids is 2. The van der Waals surface area contributed by atoms with Gasteiger partial charge in [-0.15, -0.1) is 0 Å². The number of carbonyl (C=O) groups is 2. The molecule has 4 nitrogen and oxygen atoms in total. The van der Waals surface area contributed by atoms with Crippen molar-refractivity contribution >= 4 is 23.6 Å².